The second kappa shape index (κ2) is 8.13. The zero-order valence-electron chi connectivity index (χ0n) is 16.6. The molecule has 1 atom stereocenters. The van der Waals surface area contributed by atoms with Crippen LogP contribution in [0, 0.1) is 24.0 Å². The fraction of sp³-hybridized carbons (Fsp3) is 0.316. The van der Waals surface area contributed by atoms with Gasteiger partial charge in [-0.05, 0) is 19.9 Å². The molecule has 2 heterocycles. The number of benzene rings is 1. The lowest BCUT2D eigenvalue weighted by Gasteiger charge is -2.21. The summed E-state index contributed by atoms with van der Waals surface area (Å²) in [4.78, 5) is 27.9. The number of rotatable bonds is 7. The largest absolute Gasteiger partial charge is 0.496 e. The van der Waals surface area contributed by atoms with Crippen molar-refractivity contribution < 1.29 is 14.5 Å². The van der Waals surface area contributed by atoms with Crippen LogP contribution in [0.25, 0.3) is 0 Å². The molecule has 0 aliphatic heterocycles. The highest BCUT2D eigenvalue weighted by atomic mass is 16.6. The first-order chi connectivity index (χ1) is 13.8. The summed E-state index contributed by atoms with van der Waals surface area (Å²) in [6, 6.07) is 6.79. The third-order valence-corrected chi connectivity index (χ3v) is 4.69. The fourth-order valence-electron chi connectivity index (χ4n) is 3.29. The van der Waals surface area contributed by atoms with Gasteiger partial charge in [-0.3, -0.25) is 19.6 Å². The second-order valence-electron chi connectivity index (χ2n) is 6.57. The number of methoxy groups -OCH3 is 1. The van der Waals surface area contributed by atoms with Crippen molar-refractivity contribution >= 4 is 11.6 Å². The highest BCUT2D eigenvalue weighted by molar-refractivity contribution is 5.77. The van der Waals surface area contributed by atoms with E-state index in [-0.39, 0.29) is 23.8 Å². The van der Waals surface area contributed by atoms with E-state index in [0.717, 1.165) is 5.56 Å². The highest BCUT2D eigenvalue weighted by Crippen LogP contribution is 2.29. The molecule has 10 nitrogen and oxygen atoms in total. The number of hydrogen-bond donors (Lipinski definition) is 1. The summed E-state index contributed by atoms with van der Waals surface area (Å²) in [6.07, 6.45) is 3.43. The summed E-state index contributed by atoms with van der Waals surface area (Å²) in [6.45, 7) is 2.96. The summed E-state index contributed by atoms with van der Waals surface area (Å²) in [5.41, 5.74) is 1.26. The Morgan fingerprint density at radius 2 is 2.07 bits per heavy atom. The lowest BCUT2D eigenvalue weighted by molar-refractivity contribution is -0.386. The van der Waals surface area contributed by atoms with E-state index >= 15 is 0 Å². The minimum atomic E-state index is -0.564. The molecular formula is C19H22N6O4. The van der Waals surface area contributed by atoms with Crippen LogP contribution < -0.4 is 10.1 Å². The number of nitro groups is 1. The van der Waals surface area contributed by atoms with Crippen molar-refractivity contribution in [1.82, 2.24) is 24.6 Å². The average Bonchev–Trinajstić information content (AvgIpc) is 3.22. The summed E-state index contributed by atoms with van der Waals surface area (Å²) in [5.74, 6) is 0.883. The topological polar surface area (TPSA) is 117 Å². The first-order valence-electron chi connectivity index (χ1n) is 8.91. The van der Waals surface area contributed by atoms with Gasteiger partial charge in [0.1, 0.15) is 35.5 Å². The first-order valence-corrected chi connectivity index (χ1v) is 8.91. The van der Waals surface area contributed by atoms with Crippen molar-refractivity contribution in [2.45, 2.75) is 26.4 Å². The van der Waals surface area contributed by atoms with E-state index in [0.29, 0.717) is 17.3 Å². The quantitative estimate of drug-likeness (QED) is 0.481. The van der Waals surface area contributed by atoms with E-state index < -0.39 is 11.0 Å². The third-order valence-electron chi connectivity index (χ3n) is 4.69. The maximum Gasteiger partial charge on any atom is 0.312 e. The molecular weight excluding hydrogens is 376 g/mol. The number of carbonyl (C=O) groups is 1. The van der Waals surface area contributed by atoms with Crippen molar-refractivity contribution in [2.75, 3.05) is 7.11 Å². The molecule has 0 saturated carbocycles. The molecule has 0 bridgehead atoms. The van der Waals surface area contributed by atoms with Gasteiger partial charge < -0.3 is 14.6 Å². The van der Waals surface area contributed by atoms with Crippen LogP contribution in [0.5, 0.6) is 5.75 Å². The molecule has 0 saturated heterocycles. The molecule has 1 amide bonds. The number of nitrogens with zero attached hydrogens (tertiary/aromatic N) is 5. The van der Waals surface area contributed by atoms with Gasteiger partial charge in [0.05, 0.1) is 12.0 Å². The van der Waals surface area contributed by atoms with E-state index in [1.807, 2.05) is 35.9 Å². The Morgan fingerprint density at radius 3 is 2.66 bits per heavy atom. The molecule has 3 aromatic rings. The predicted molar refractivity (Wildman–Crippen MR) is 105 cm³/mol. The minimum absolute atomic E-state index is 0.0804. The zero-order valence-corrected chi connectivity index (χ0v) is 16.6. The van der Waals surface area contributed by atoms with Crippen molar-refractivity contribution in [1.29, 1.82) is 0 Å². The van der Waals surface area contributed by atoms with Gasteiger partial charge in [-0.25, -0.2) is 4.98 Å². The van der Waals surface area contributed by atoms with Crippen molar-refractivity contribution in [3.05, 3.63) is 69.5 Å². The molecule has 0 aliphatic carbocycles. The van der Waals surface area contributed by atoms with Crippen LogP contribution in [-0.4, -0.2) is 37.3 Å². The molecule has 1 aromatic carbocycles. The Hall–Kier alpha value is -3.69. The van der Waals surface area contributed by atoms with E-state index in [4.69, 9.17) is 4.74 Å². The fourth-order valence-corrected chi connectivity index (χ4v) is 3.29. The Kier molecular flexibility index (Phi) is 5.62. The average molecular weight is 398 g/mol. The van der Waals surface area contributed by atoms with Crippen molar-refractivity contribution in [3.8, 4) is 5.75 Å². The lowest BCUT2D eigenvalue weighted by atomic mass is 10.0. The van der Waals surface area contributed by atoms with Crippen molar-refractivity contribution in [2.24, 2.45) is 7.05 Å². The van der Waals surface area contributed by atoms with E-state index in [1.54, 1.807) is 33.4 Å². The molecule has 0 radical (unpaired) electrons. The molecule has 10 heteroatoms. The standard InChI is InChI=1S/C19H22N6O4/c1-12-18(25(27)28)13(2)24(22-12)11-16(26)21-17(19-20-9-10-23(19)3)14-7-5-6-8-15(14)29-4/h5-10,17H,11H2,1-4H3,(H,21,26)/t17-/m1/s1. The molecule has 1 N–H and O–H groups in total. The van der Waals surface area contributed by atoms with Gasteiger partial charge >= 0.3 is 5.69 Å². The Balaban J connectivity index is 1.91. The Bertz CT molecular complexity index is 1050. The Morgan fingerprint density at radius 1 is 1.34 bits per heavy atom. The Labute approximate surface area is 167 Å². The van der Waals surface area contributed by atoms with Crippen LogP contribution in [0.2, 0.25) is 0 Å². The molecule has 2 aromatic heterocycles. The van der Waals surface area contributed by atoms with Crippen LogP contribution in [-0.2, 0) is 18.4 Å². The molecule has 29 heavy (non-hydrogen) atoms. The molecule has 0 spiro atoms. The maximum atomic E-state index is 12.8. The van der Waals surface area contributed by atoms with E-state index in [2.05, 4.69) is 15.4 Å². The van der Waals surface area contributed by atoms with E-state index in [1.165, 1.54) is 4.68 Å². The number of hydrogen-bond acceptors (Lipinski definition) is 6. The summed E-state index contributed by atoms with van der Waals surface area (Å²) < 4.78 is 8.59. The predicted octanol–water partition coefficient (Wildman–Crippen LogP) is 2.06. The van der Waals surface area contributed by atoms with Crippen LogP contribution in [0.1, 0.15) is 28.8 Å². The van der Waals surface area contributed by atoms with Gasteiger partial charge in [0, 0.05) is 25.0 Å². The second-order valence-corrected chi connectivity index (χ2v) is 6.57. The number of aryl methyl sites for hydroxylation is 2. The van der Waals surface area contributed by atoms with Crippen LogP contribution in [0.3, 0.4) is 0 Å². The zero-order chi connectivity index (χ0) is 21.1. The van der Waals surface area contributed by atoms with Gasteiger partial charge in [-0.1, -0.05) is 18.2 Å². The van der Waals surface area contributed by atoms with Gasteiger partial charge in [0.25, 0.3) is 0 Å². The number of nitrogens with one attached hydrogen (secondary N) is 1. The molecule has 152 valence electrons. The van der Waals surface area contributed by atoms with E-state index in [9.17, 15) is 14.9 Å². The van der Waals surface area contributed by atoms with Gasteiger partial charge in [-0.2, -0.15) is 5.10 Å². The number of ether oxygens (including phenoxy) is 1. The lowest BCUT2D eigenvalue weighted by Crippen LogP contribution is -2.34. The third kappa shape index (κ3) is 3.96. The summed E-state index contributed by atoms with van der Waals surface area (Å²) >= 11 is 0. The van der Waals surface area contributed by atoms with Crippen LogP contribution in [0.4, 0.5) is 5.69 Å². The monoisotopic (exact) mass is 398 g/mol. The molecule has 3 rings (SSSR count). The summed E-state index contributed by atoms with van der Waals surface area (Å²) in [5, 5.41) is 18.3. The van der Waals surface area contributed by atoms with Crippen LogP contribution in [0.15, 0.2) is 36.7 Å². The number of para-hydroxylation sites is 1. The number of aromatic nitrogens is 4. The van der Waals surface area contributed by atoms with Crippen LogP contribution >= 0.6 is 0 Å². The molecule has 0 unspecified atom stereocenters. The number of imidazole rings is 1. The SMILES string of the molecule is COc1ccccc1[C@@H](NC(=O)Cn1nc(C)c([N+](=O)[O-])c1C)c1nccn1C. The van der Waals surface area contributed by atoms with Gasteiger partial charge in [0.2, 0.25) is 5.91 Å². The molecule has 0 aliphatic rings. The molecule has 0 fully saturated rings. The number of carbonyl (C=O) groups excluding carboxylic acids is 1. The van der Waals surface area contributed by atoms with Crippen molar-refractivity contribution in [3.63, 3.8) is 0 Å². The first kappa shape index (κ1) is 20.1. The smallest absolute Gasteiger partial charge is 0.312 e. The number of amides is 1. The normalized spacial score (nSPS) is 11.9. The summed E-state index contributed by atoms with van der Waals surface area (Å²) in [7, 11) is 3.40. The van der Waals surface area contributed by atoms with Gasteiger partial charge in [-0.15, -0.1) is 0 Å². The minimum Gasteiger partial charge on any atom is -0.496 e. The van der Waals surface area contributed by atoms with Gasteiger partial charge in [0.15, 0.2) is 0 Å². The maximum absolute atomic E-state index is 12.8. The highest BCUT2D eigenvalue weighted by Gasteiger charge is 2.26.